The van der Waals surface area contributed by atoms with Crippen LogP contribution in [0.4, 0.5) is 4.79 Å². The maximum Gasteiger partial charge on any atom is 0.410 e. The Kier molecular flexibility index (Phi) is 2.76. The lowest BCUT2D eigenvalue weighted by molar-refractivity contribution is 0.0233. The minimum Gasteiger partial charge on any atom is -0.475 e. The molecule has 1 aliphatic rings. The zero-order chi connectivity index (χ0) is 13.5. The van der Waals surface area contributed by atoms with E-state index in [1.165, 1.54) is 4.90 Å². The number of rotatable bonds is 1. The molecule has 0 bridgehead atoms. The molecule has 0 spiro atoms. The number of amides is 1. The van der Waals surface area contributed by atoms with Gasteiger partial charge in [-0.2, -0.15) is 0 Å². The third-order valence-electron chi connectivity index (χ3n) is 2.41. The van der Waals surface area contributed by atoms with Crippen LogP contribution in [-0.2, 0) is 17.8 Å². The van der Waals surface area contributed by atoms with Crippen molar-refractivity contribution in [3.8, 4) is 0 Å². The zero-order valence-electron chi connectivity index (χ0n) is 10.4. The van der Waals surface area contributed by atoms with Gasteiger partial charge < -0.3 is 14.4 Å². The highest BCUT2D eigenvalue weighted by atomic mass is 16.6. The van der Waals surface area contributed by atoms with E-state index < -0.39 is 17.7 Å². The molecule has 18 heavy (non-hydrogen) atoms. The molecular formula is C11H14N2O5. The Labute approximate surface area is 103 Å². The molecule has 0 aromatic carbocycles. The van der Waals surface area contributed by atoms with Crippen molar-refractivity contribution in [3.05, 3.63) is 17.0 Å². The Morgan fingerprint density at radius 2 is 2.06 bits per heavy atom. The van der Waals surface area contributed by atoms with Crippen molar-refractivity contribution in [2.24, 2.45) is 0 Å². The van der Waals surface area contributed by atoms with Crippen molar-refractivity contribution in [1.82, 2.24) is 10.1 Å². The van der Waals surface area contributed by atoms with Crippen molar-refractivity contribution >= 4 is 12.1 Å². The molecule has 0 atom stereocenters. The standard InChI is InChI=1S/C11H14N2O5/c1-11(2,3)17-10(16)13-4-6-7(5-13)12-18-8(6)9(14)15/h4-5H2,1-3H3,(H,14,15). The second-order valence-electron chi connectivity index (χ2n) is 5.08. The SMILES string of the molecule is CC(C)(C)OC(=O)N1Cc2noc(C(=O)O)c2C1. The molecule has 0 aliphatic carbocycles. The number of carboxylic acid groups (broad SMARTS) is 1. The molecule has 2 rings (SSSR count). The number of aromatic carboxylic acids is 1. The molecule has 0 saturated carbocycles. The fraction of sp³-hybridized carbons (Fsp3) is 0.545. The summed E-state index contributed by atoms with van der Waals surface area (Å²) in [4.78, 5) is 24.1. The zero-order valence-corrected chi connectivity index (χ0v) is 10.4. The summed E-state index contributed by atoms with van der Waals surface area (Å²) < 4.78 is 9.90. The van der Waals surface area contributed by atoms with Gasteiger partial charge in [-0.15, -0.1) is 0 Å². The van der Waals surface area contributed by atoms with Gasteiger partial charge in [0.05, 0.1) is 18.7 Å². The number of ether oxygens (including phenoxy) is 1. The first-order chi connectivity index (χ1) is 8.28. The van der Waals surface area contributed by atoms with Crippen LogP contribution in [-0.4, -0.2) is 32.8 Å². The van der Waals surface area contributed by atoms with E-state index >= 15 is 0 Å². The Morgan fingerprint density at radius 3 is 2.61 bits per heavy atom. The molecular weight excluding hydrogens is 240 g/mol. The lowest BCUT2D eigenvalue weighted by Crippen LogP contribution is -2.33. The Balaban J connectivity index is 2.11. The second kappa shape index (κ2) is 4.01. The van der Waals surface area contributed by atoms with Gasteiger partial charge in [-0.3, -0.25) is 4.90 Å². The van der Waals surface area contributed by atoms with E-state index in [9.17, 15) is 9.59 Å². The minimum absolute atomic E-state index is 0.148. The number of hydrogen-bond donors (Lipinski definition) is 1. The van der Waals surface area contributed by atoms with E-state index in [0.717, 1.165) is 0 Å². The fourth-order valence-electron chi connectivity index (χ4n) is 1.68. The van der Waals surface area contributed by atoms with Gasteiger partial charge >= 0.3 is 12.1 Å². The molecule has 1 aliphatic heterocycles. The molecule has 7 nitrogen and oxygen atoms in total. The number of carboxylic acids is 1. The minimum atomic E-state index is -1.19. The van der Waals surface area contributed by atoms with E-state index in [-0.39, 0.29) is 18.8 Å². The van der Waals surface area contributed by atoms with Gasteiger partial charge in [0.15, 0.2) is 0 Å². The number of fused-ring (bicyclic) bond motifs is 1. The smallest absolute Gasteiger partial charge is 0.410 e. The van der Waals surface area contributed by atoms with Crippen molar-refractivity contribution < 1.29 is 24.0 Å². The fourth-order valence-corrected chi connectivity index (χ4v) is 1.68. The lowest BCUT2D eigenvalue weighted by atomic mass is 10.2. The number of nitrogens with zero attached hydrogens (tertiary/aromatic N) is 2. The van der Waals surface area contributed by atoms with E-state index in [1.807, 2.05) is 0 Å². The first kappa shape index (κ1) is 12.4. The van der Waals surface area contributed by atoms with Crippen LogP contribution in [0.15, 0.2) is 4.52 Å². The van der Waals surface area contributed by atoms with Crippen LogP contribution in [0.2, 0.25) is 0 Å². The number of carbonyl (C=O) groups is 2. The van der Waals surface area contributed by atoms with Crippen molar-refractivity contribution in [1.29, 1.82) is 0 Å². The molecule has 7 heteroatoms. The van der Waals surface area contributed by atoms with Gasteiger partial charge in [0.25, 0.3) is 0 Å². The molecule has 0 unspecified atom stereocenters. The van der Waals surface area contributed by atoms with Crippen LogP contribution in [0.5, 0.6) is 0 Å². The number of hydrogen-bond acceptors (Lipinski definition) is 5. The van der Waals surface area contributed by atoms with Gasteiger partial charge in [-0.05, 0) is 20.8 Å². The predicted octanol–water partition coefficient (Wildman–Crippen LogP) is 1.62. The van der Waals surface area contributed by atoms with Crippen LogP contribution < -0.4 is 0 Å². The van der Waals surface area contributed by atoms with Gasteiger partial charge in [0.2, 0.25) is 5.76 Å². The lowest BCUT2D eigenvalue weighted by Gasteiger charge is -2.24. The summed E-state index contributed by atoms with van der Waals surface area (Å²) in [5, 5.41) is 12.5. The molecule has 0 radical (unpaired) electrons. The highest BCUT2D eigenvalue weighted by molar-refractivity contribution is 5.86. The topological polar surface area (TPSA) is 92.9 Å². The highest BCUT2D eigenvalue weighted by Gasteiger charge is 2.34. The van der Waals surface area contributed by atoms with Crippen molar-refractivity contribution in [3.63, 3.8) is 0 Å². The summed E-state index contributed by atoms with van der Waals surface area (Å²) in [6, 6.07) is 0. The Hall–Kier alpha value is -2.05. The van der Waals surface area contributed by atoms with Crippen LogP contribution in [0.1, 0.15) is 42.6 Å². The van der Waals surface area contributed by atoms with Crippen LogP contribution in [0, 0.1) is 0 Å². The summed E-state index contributed by atoms with van der Waals surface area (Å²) >= 11 is 0. The van der Waals surface area contributed by atoms with Gasteiger partial charge in [0, 0.05) is 0 Å². The van der Waals surface area contributed by atoms with Crippen LogP contribution in [0.3, 0.4) is 0 Å². The van der Waals surface area contributed by atoms with Gasteiger partial charge in [-0.1, -0.05) is 5.16 Å². The maximum atomic E-state index is 11.8. The Bertz CT molecular complexity index is 500. The van der Waals surface area contributed by atoms with E-state index in [1.54, 1.807) is 20.8 Å². The summed E-state index contributed by atoms with van der Waals surface area (Å²) in [6.45, 7) is 5.66. The second-order valence-corrected chi connectivity index (χ2v) is 5.08. The monoisotopic (exact) mass is 254 g/mol. The van der Waals surface area contributed by atoms with E-state index in [2.05, 4.69) is 5.16 Å². The molecule has 1 aromatic heterocycles. The molecule has 1 N–H and O–H groups in total. The largest absolute Gasteiger partial charge is 0.475 e. The number of carbonyl (C=O) groups excluding carboxylic acids is 1. The molecule has 0 saturated heterocycles. The first-order valence-electron chi connectivity index (χ1n) is 5.46. The third kappa shape index (κ3) is 2.29. The quantitative estimate of drug-likeness (QED) is 0.818. The number of aromatic nitrogens is 1. The summed E-state index contributed by atoms with van der Waals surface area (Å²) in [7, 11) is 0. The summed E-state index contributed by atoms with van der Waals surface area (Å²) in [6.07, 6.45) is -0.489. The van der Waals surface area contributed by atoms with E-state index in [4.69, 9.17) is 14.4 Å². The molecule has 1 amide bonds. The van der Waals surface area contributed by atoms with Gasteiger partial charge in [-0.25, -0.2) is 9.59 Å². The molecule has 98 valence electrons. The average Bonchev–Trinajstić information content (AvgIpc) is 2.70. The maximum absolute atomic E-state index is 11.8. The summed E-state index contributed by atoms with van der Waals surface area (Å²) in [5.41, 5.74) is 0.323. The van der Waals surface area contributed by atoms with Crippen LogP contribution >= 0.6 is 0 Å². The Morgan fingerprint density at radius 1 is 1.39 bits per heavy atom. The first-order valence-corrected chi connectivity index (χ1v) is 5.46. The van der Waals surface area contributed by atoms with Crippen molar-refractivity contribution in [2.45, 2.75) is 39.5 Å². The third-order valence-corrected chi connectivity index (χ3v) is 2.41. The molecule has 1 aromatic rings. The normalized spacial score (nSPS) is 14.5. The summed E-state index contributed by atoms with van der Waals surface area (Å²) in [5.74, 6) is -1.40. The predicted molar refractivity (Wildman–Crippen MR) is 58.9 cm³/mol. The molecule has 0 fully saturated rings. The van der Waals surface area contributed by atoms with Crippen LogP contribution in [0.25, 0.3) is 0 Å². The van der Waals surface area contributed by atoms with E-state index in [0.29, 0.717) is 11.3 Å². The average molecular weight is 254 g/mol. The molecule has 2 heterocycles. The van der Waals surface area contributed by atoms with Gasteiger partial charge in [0.1, 0.15) is 11.3 Å². The van der Waals surface area contributed by atoms with Crippen molar-refractivity contribution in [2.75, 3.05) is 0 Å². The highest BCUT2D eigenvalue weighted by Crippen LogP contribution is 2.26.